The van der Waals surface area contributed by atoms with Gasteiger partial charge in [0, 0.05) is 13.3 Å². The topological polar surface area (TPSA) is 43.4 Å². The van der Waals surface area contributed by atoms with Gasteiger partial charge in [0.25, 0.3) is 0 Å². The highest BCUT2D eigenvalue weighted by Crippen LogP contribution is 2.09. The summed E-state index contributed by atoms with van der Waals surface area (Å²) in [6, 6.07) is 0. The van der Waals surface area contributed by atoms with Crippen molar-refractivity contribution in [2.24, 2.45) is 0 Å². The van der Waals surface area contributed by atoms with Crippen LogP contribution in [-0.4, -0.2) is 17.9 Å². The smallest absolute Gasteiger partial charge is 0.302 e. The molecule has 3 nitrogen and oxygen atoms in total. The number of hydrogen-bond acceptors (Lipinski definition) is 3. The van der Waals surface area contributed by atoms with Crippen molar-refractivity contribution < 1.29 is 14.3 Å². The lowest BCUT2D eigenvalue weighted by Gasteiger charge is -2.13. The van der Waals surface area contributed by atoms with Crippen molar-refractivity contribution in [3.63, 3.8) is 0 Å². The van der Waals surface area contributed by atoms with E-state index in [2.05, 4.69) is 6.58 Å². The predicted molar refractivity (Wildman–Crippen MR) is 54.9 cm³/mol. The Balaban J connectivity index is 3.67. The Kier molecular flexibility index (Phi) is 6.72. The fourth-order valence-electron chi connectivity index (χ4n) is 1.19. The summed E-state index contributed by atoms with van der Waals surface area (Å²) in [4.78, 5) is 21.5. The van der Waals surface area contributed by atoms with Crippen LogP contribution in [0.3, 0.4) is 0 Å². The molecule has 0 saturated carbocycles. The molecule has 0 aromatic rings. The highest BCUT2D eigenvalue weighted by Gasteiger charge is 2.09. The van der Waals surface area contributed by atoms with Crippen LogP contribution in [0, 0.1) is 0 Å². The summed E-state index contributed by atoms with van der Waals surface area (Å²) in [5.41, 5.74) is 0. The third-order valence-electron chi connectivity index (χ3n) is 1.96. The van der Waals surface area contributed by atoms with Gasteiger partial charge in [-0.15, -0.1) is 0 Å². The van der Waals surface area contributed by atoms with Gasteiger partial charge < -0.3 is 4.74 Å². The van der Waals surface area contributed by atoms with Crippen molar-refractivity contribution in [2.45, 2.75) is 45.6 Å². The third-order valence-corrected chi connectivity index (χ3v) is 1.96. The van der Waals surface area contributed by atoms with Crippen molar-refractivity contribution in [2.75, 3.05) is 0 Å². The second-order valence-corrected chi connectivity index (χ2v) is 3.20. The third kappa shape index (κ3) is 6.40. The molecule has 0 heterocycles. The zero-order chi connectivity index (χ0) is 11.0. The van der Waals surface area contributed by atoms with Crippen molar-refractivity contribution in [1.82, 2.24) is 0 Å². The van der Waals surface area contributed by atoms with E-state index in [4.69, 9.17) is 4.74 Å². The molecule has 1 unspecified atom stereocenters. The fourth-order valence-corrected chi connectivity index (χ4v) is 1.19. The van der Waals surface area contributed by atoms with Crippen molar-refractivity contribution in [1.29, 1.82) is 0 Å². The van der Waals surface area contributed by atoms with Crippen LogP contribution in [0.1, 0.15) is 39.5 Å². The Bertz CT molecular complexity index is 209. The summed E-state index contributed by atoms with van der Waals surface area (Å²) in [6.07, 6.45) is 4.05. The molecule has 0 fully saturated rings. The largest absolute Gasteiger partial charge is 0.463 e. The summed E-state index contributed by atoms with van der Waals surface area (Å²) < 4.78 is 5.04. The Labute approximate surface area is 85.1 Å². The molecule has 0 radical (unpaired) electrons. The highest BCUT2D eigenvalue weighted by atomic mass is 16.5. The Hall–Kier alpha value is -1.12. The molecule has 0 N–H and O–H groups in total. The number of ketones is 1. The minimum absolute atomic E-state index is 0.0441. The molecule has 0 bridgehead atoms. The molecule has 3 heteroatoms. The van der Waals surface area contributed by atoms with Crippen molar-refractivity contribution in [3.8, 4) is 0 Å². The molecule has 80 valence electrons. The average Bonchev–Trinajstić information content (AvgIpc) is 2.15. The van der Waals surface area contributed by atoms with Crippen LogP contribution >= 0.6 is 0 Å². The molecule has 0 aliphatic rings. The van der Waals surface area contributed by atoms with Crippen LogP contribution in [0.15, 0.2) is 12.7 Å². The minimum Gasteiger partial charge on any atom is -0.463 e. The number of esters is 1. The maximum atomic E-state index is 10.9. The van der Waals surface area contributed by atoms with Gasteiger partial charge in [0.1, 0.15) is 6.10 Å². The zero-order valence-corrected chi connectivity index (χ0v) is 8.91. The normalized spacial score (nSPS) is 11.9. The van der Waals surface area contributed by atoms with Crippen LogP contribution in [0.25, 0.3) is 0 Å². The molecule has 0 aromatic heterocycles. The van der Waals surface area contributed by atoms with Gasteiger partial charge in [0.2, 0.25) is 0 Å². The number of carbonyl (C=O) groups excluding carboxylic acids is 2. The first kappa shape index (κ1) is 12.9. The van der Waals surface area contributed by atoms with Crippen LogP contribution in [0.4, 0.5) is 0 Å². The van der Waals surface area contributed by atoms with Gasteiger partial charge in [-0.1, -0.05) is 13.5 Å². The number of carbonyl (C=O) groups is 2. The number of hydrogen-bond donors (Lipinski definition) is 0. The van der Waals surface area contributed by atoms with E-state index in [1.165, 1.54) is 13.0 Å². The number of allylic oxidation sites excluding steroid dienone is 1. The highest BCUT2D eigenvalue weighted by molar-refractivity contribution is 5.88. The van der Waals surface area contributed by atoms with E-state index in [0.29, 0.717) is 6.42 Å². The van der Waals surface area contributed by atoms with Gasteiger partial charge >= 0.3 is 5.97 Å². The van der Waals surface area contributed by atoms with Gasteiger partial charge in [-0.25, -0.2) is 0 Å². The molecule has 0 saturated heterocycles. The SMILES string of the molecule is C=CC(=O)CCCC(CC)OC(C)=O. The van der Waals surface area contributed by atoms with Crippen LogP contribution < -0.4 is 0 Å². The van der Waals surface area contributed by atoms with Crippen LogP contribution in [0.2, 0.25) is 0 Å². The summed E-state index contributed by atoms with van der Waals surface area (Å²) in [7, 11) is 0. The van der Waals surface area contributed by atoms with Gasteiger partial charge in [-0.05, 0) is 25.3 Å². The van der Waals surface area contributed by atoms with E-state index < -0.39 is 0 Å². The van der Waals surface area contributed by atoms with Gasteiger partial charge in [0.15, 0.2) is 5.78 Å². The molecule has 0 amide bonds. The quantitative estimate of drug-likeness (QED) is 0.465. The van der Waals surface area contributed by atoms with E-state index in [9.17, 15) is 9.59 Å². The molecule has 0 aliphatic heterocycles. The maximum absolute atomic E-state index is 10.9. The monoisotopic (exact) mass is 198 g/mol. The summed E-state index contributed by atoms with van der Waals surface area (Å²) in [5.74, 6) is -0.213. The summed E-state index contributed by atoms with van der Waals surface area (Å²) in [5, 5.41) is 0. The second-order valence-electron chi connectivity index (χ2n) is 3.20. The molecular weight excluding hydrogens is 180 g/mol. The van der Waals surface area contributed by atoms with Gasteiger partial charge in [-0.3, -0.25) is 9.59 Å². The summed E-state index contributed by atoms with van der Waals surface area (Å²) >= 11 is 0. The molecule has 0 aliphatic carbocycles. The standard InChI is InChI=1S/C11H18O3/c1-4-10(13)7-6-8-11(5-2)14-9(3)12/h4,11H,1,5-8H2,2-3H3. The lowest BCUT2D eigenvalue weighted by atomic mass is 10.1. The van der Waals surface area contributed by atoms with E-state index >= 15 is 0 Å². The molecule has 0 spiro atoms. The average molecular weight is 198 g/mol. The first-order chi connectivity index (χ1) is 6.60. The molecule has 14 heavy (non-hydrogen) atoms. The van der Waals surface area contributed by atoms with E-state index in [1.54, 1.807) is 0 Å². The second kappa shape index (κ2) is 7.30. The van der Waals surface area contributed by atoms with Crippen LogP contribution in [0.5, 0.6) is 0 Å². The summed E-state index contributed by atoms with van der Waals surface area (Å²) in [6.45, 7) is 6.75. The van der Waals surface area contributed by atoms with Gasteiger partial charge in [0.05, 0.1) is 0 Å². The molecule has 1 atom stereocenters. The molecule has 0 rings (SSSR count). The Morgan fingerprint density at radius 1 is 1.50 bits per heavy atom. The molecule has 0 aromatic carbocycles. The van der Waals surface area contributed by atoms with Crippen LogP contribution in [-0.2, 0) is 14.3 Å². The fraction of sp³-hybridized carbons (Fsp3) is 0.636. The first-order valence-electron chi connectivity index (χ1n) is 4.92. The molecular formula is C11H18O3. The lowest BCUT2D eigenvalue weighted by Crippen LogP contribution is -2.15. The number of rotatable bonds is 7. The Morgan fingerprint density at radius 3 is 2.57 bits per heavy atom. The Morgan fingerprint density at radius 2 is 2.14 bits per heavy atom. The predicted octanol–water partition coefficient (Wildman–Crippen LogP) is 2.25. The zero-order valence-electron chi connectivity index (χ0n) is 8.91. The maximum Gasteiger partial charge on any atom is 0.302 e. The van der Waals surface area contributed by atoms with Gasteiger partial charge in [-0.2, -0.15) is 0 Å². The number of ether oxygens (including phenoxy) is 1. The van der Waals surface area contributed by atoms with E-state index in [1.807, 2.05) is 6.92 Å². The van der Waals surface area contributed by atoms with Crippen molar-refractivity contribution in [3.05, 3.63) is 12.7 Å². The van der Waals surface area contributed by atoms with Crippen molar-refractivity contribution >= 4 is 11.8 Å². The minimum atomic E-state index is -0.258. The van der Waals surface area contributed by atoms with E-state index in [-0.39, 0.29) is 17.9 Å². The first-order valence-corrected chi connectivity index (χ1v) is 4.92. The lowest BCUT2D eigenvalue weighted by molar-refractivity contribution is -0.146. The van der Waals surface area contributed by atoms with E-state index in [0.717, 1.165) is 19.3 Å².